The highest BCUT2D eigenvalue weighted by atomic mass is 32.1. The zero-order valence-electron chi connectivity index (χ0n) is 10.9. The van der Waals surface area contributed by atoms with E-state index < -0.39 is 5.91 Å². The lowest BCUT2D eigenvalue weighted by Crippen LogP contribution is -2.18. The van der Waals surface area contributed by atoms with Crippen LogP contribution >= 0.6 is 11.3 Å². The number of pyridine rings is 1. The molecule has 4 N–H and O–H groups in total. The SMILES string of the molecule is Cc1cc(/C(N)=N/O)cc(C(=O)Nc2nc(C)cs2)n1. The van der Waals surface area contributed by atoms with E-state index in [1.807, 2.05) is 12.3 Å². The lowest BCUT2D eigenvalue weighted by molar-refractivity contribution is 0.102. The number of oxime groups is 1. The van der Waals surface area contributed by atoms with Crippen LogP contribution in [-0.2, 0) is 0 Å². The molecule has 2 aromatic rings. The zero-order valence-corrected chi connectivity index (χ0v) is 11.7. The summed E-state index contributed by atoms with van der Waals surface area (Å²) in [4.78, 5) is 20.4. The van der Waals surface area contributed by atoms with Crippen LogP contribution in [0, 0.1) is 13.8 Å². The Labute approximate surface area is 119 Å². The highest BCUT2D eigenvalue weighted by Crippen LogP contribution is 2.15. The molecule has 20 heavy (non-hydrogen) atoms. The molecule has 0 spiro atoms. The van der Waals surface area contributed by atoms with Gasteiger partial charge in [0.25, 0.3) is 5.91 Å². The van der Waals surface area contributed by atoms with Gasteiger partial charge >= 0.3 is 0 Å². The molecule has 7 nitrogen and oxygen atoms in total. The number of rotatable bonds is 3. The van der Waals surface area contributed by atoms with Crippen LogP contribution in [0.1, 0.15) is 27.4 Å². The van der Waals surface area contributed by atoms with Gasteiger partial charge in [-0.05, 0) is 26.0 Å². The number of nitrogens with zero attached hydrogens (tertiary/aromatic N) is 3. The van der Waals surface area contributed by atoms with E-state index in [2.05, 4.69) is 20.4 Å². The first-order valence-electron chi connectivity index (χ1n) is 5.69. The molecular weight excluding hydrogens is 278 g/mol. The van der Waals surface area contributed by atoms with Crippen molar-refractivity contribution in [2.75, 3.05) is 5.32 Å². The van der Waals surface area contributed by atoms with Gasteiger partial charge < -0.3 is 10.9 Å². The number of hydrogen-bond donors (Lipinski definition) is 3. The van der Waals surface area contributed by atoms with Crippen molar-refractivity contribution >= 4 is 28.2 Å². The molecule has 2 aromatic heterocycles. The molecule has 104 valence electrons. The van der Waals surface area contributed by atoms with Crippen molar-refractivity contribution in [2.24, 2.45) is 10.9 Å². The molecule has 8 heteroatoms. The fourth-order valence-corrected chi connectivity index (χ4v) is 2.25. The van der Waals surface area contributed by atoms with Crippen molar-refractivity contribution in [3.05, 3.63) is 40.2 Å². The van der Waals surface area contributed by atoms with E-state index in [9.17, 15) is 4.79 Å². The summed E-state index contributed by atoms with van der Waals surface area (Å²) in [5.74, 6) is -0.468. The molecular formula is C12H13N5O2S. The van der Waals surface area contributed by atoms with Gasteiger partial charge in [0, 0.05) is 16.6 Å². The largest absolute Gasteiger partial charge is 0.409 e. The fraction of sp³-hybridized carbons (Fsp3) is 0.167. The van der Waals surface area contributed by atoms with Gasteiger partial charge in [-0.1, -0.05) is 5.16 Å². The summed E-state index contributed by atoms with van der Waals surface area (Å²) >= 11 is 1.33. The molecule has 0 aliphatic carbocycles. The third-order valence-electron chi connectivity index (χ3n) is 2.43. The van der Waals surface area contributed by atoms with Crippen LogP contribution in [0.2, 0.25) is 0 Å². The number of amidine groups is 1. The second-order valence-corrected chi connectivity index (χ2v) is 4.97. The van der Waals surface area contributed by atoms with Crippen molar-refractivity contribution in [1.29, 1.82) is 0 Å². The van der Waals surface area contributed by atoms with Gasteiger partial charge in [-0.15, -0.1) is 11.3 Å². The molecule has 0 fully saturated rings. The standard InChI is InChI=1S/C12H13N5O2S/c1-6-3-8(10(13)17-19)4-9(14-6)11(18)16-12-15-7(2)5-20-12/h3-5,19H,1-2H3,(H2,13,17)(H,15,16,18). The van der Waals surface area contributed by atoms with Gasteiger partial charge in [-0.2, -0.15) is 0 Å². The van der Waals surface area contributed by atoms with Crippen LogP contribution < -0.4 is 11.1 Å². The van der Waals surface area contributed by atoms with Gasteiger partial charge in [-0.25, -0.2) is 9.97 Å². The topological polar surface area (TPSA) is 113 Å². The van der Waals surface area contributed by atoms with Crippen molar-refractivity contribution in [1.82, 2.24) is 9.97 Å². The molecule has 0 bridgehead atoms. The van der Waals surface area contributed by atoms with Gasteiger partial charge in [0.05, 0.1) is 5.69 Å². The first-order valence-corrected chi connectivity index (χ1v) is 6.57. The molecule has 0 aliphatic heterocycles. The normalized spacial score (nSPS) is 11.4. The minimum Gasteiger partial charge on any atom is -0.409 e. The summed E-state index contributed by atoms with van der Waals surface area (Å²) in [6.07, 6.45) is 0. The summed E-state index contributed by atoms with van der Waals surface area (Å²) < 4.78 is 0. The monoisotopic (exact) mass is 291 g/mol. The lowest BCUT2D eigenvalue weighted by Gasteiger charge is -2.05. The molecule has 2 heterocycles. The molecule has 0 aromatic carbocycles. The van der Waals surface area contributed by atoms with E-state index >= 15 is 0 Å². The Balaban J connectivity index is 2.28. The highest BCUT2D eigenvalue weighted by Gasteiger charge is 2.13. The Hall–Kier alpha value is -2.48. The second-order valence-electron chi connectivity index (χ2n) is 4.12. The van der Waals surface area contributed by atoms with Crippen LogP contribution in [-0.4, -0.2) is 26.9 Å². The summed E-state index contributed by atoms with van der Waals surface area (Å²) in [7, 11) is 0. The third-order valence-corrected chi connectivity index (χ3v) is 3.30. The molecule has 0 radical (unpaired) electrons. The number of nitrogens with two attached hydrogens (primary N) is 1. The Kier molecular flexibility index (Phi) is 3.94. The Morgan fingerprint density at radius 1 is 1.35 bits per heavy atom. The van der Waals surface area contributed by atoms with Crippen LogP contribution in [0.3, 0.4) is 0 Å². The average molecular weight is 291 g/mol. The number of aromatic nitrogens is 2. The Bertz CT molecular complexity index is 680. The second kappa shape index (κ2) is 5.66. The van der Waals surface area contributed by atoms with Gasteiger partial charge in [0.15, 0.2) is 11.0 Å². The van der Waals surface area contributed by atoms with E-state index in [-0.39, 0.29) is 11.5 Å². The predicted octanol–water partition coefficient (Wildman–Crippen LogP) is 1.50. The molecule has 0 atom stereocenters. The molecule has 1 amide bonds. The van der Waals surface area contributed by atoms with Crippen LogP contribution in [0.4, 0.5) is 5.13 Å². The van der Waals surface area contributed by atoms with Crippen molar-refractivity contribution < 1.29 is 10.0 Å². The van der Waals surface area contributed by atoms with E-state index in [1.54, 1.807) is 13.0 Å². The number of nitrogens with one attached hydrogen (secondary N) is 1. The lowest BCUT2D eigenvalue weighted by atomic mass is 10.1. The van der Waals surface area contributed by atoms with Crippen LogP contribution in [0.15, 0.2) is 22.7 Å². The van der Waals surface area contributed by atoms with E-state index in [0.29, 0.717) is 16.4 Å². The number of hydrogen-bond acceptors (Lipinski definition) is 6. The molecule has 0 aliphatic rings. The zero-order chi connectivity index (χ0) is 14.7. The number of aryl methyl sites for hydroxylation is 2. The number of anilines is 1. The van der Waals surface area contributed by atoms with Gasteiger partial charge in [-0.3, -0.25) is 10.1 Å². The molecule has 2 rings (SSSR count). The Morgan fingerprint density at radius 3 is 2.70 bits per heavy atom. The smallest absolute Gasteiger partial charge is 0.276 e. The first-order chi connectivity index (χ1) is 9.49. The van der Waals surface area contributed by atoms with Gasteiger partial charge in [0.2, 0.25) is 0 Å². The third kappa shape index (κ3) is 3.09. The van der Waals surface area contributed by atoms with Crippen molar-refractivity contribution in [3.8, 4) is 0 Å². The minimum absolute atomic E-state index is 0.0744. The summed E-state index contributed by atoms with van der Waals surface area (Å²) in [5, 5.41) is 16.6. The van der Waals surface area contributed by atoms with E-state index in [4.69, 9.17) is 10.9 Å². The van der Waals surface area contributed by atoms with Gasteiger partial charge in [0.1, 0.15) is 5.69 Å². The maximum absolute atomic E-state index is 12.1. The molecule has 0 unspecified atom stereocenters. The fourth-order valence-electron chi connectivity index (χ4n) is 1.56. The maximum atomic E-state index is 12.1. The Morgan fingerprint density at radius 2 is 2.10 bits per heavy atom. The average Bonchev–Trinajstić information content (AvgIpc) is 2.82. The van der Waals surface area contributed by atoms with E-state index in [1.165, 1.54) is 17.4 Å². The first kappa shape index (κ1) is 13.9. The van der Waals surface area contributed by atoms with Crippen molar-refractivity contribution in [2.45, 2.75) is 13.8 Å². The maximum Gasteiger partial charge on any atom is 0.276 e. The quantitative estimate of drug-likeness (QED) is 0.343. The van der Waals surface area contributed by atoms with E-state index in [0.717, 1.165) is 5.69 Å². The summed E-state index contributed by atoms with van der Waals surface area (Å²) in [6.45, 7) is 3.56. The predicted molar refractivity (Wildman–Crippen MR) is 76.3 cm³/mol. The van der Waals surface area contributed by atoms with Crippen LogP contribution in [0.25, 0.3) is 0 Å². The highest BCUT2D eigenvalue weighted by molar-refractivity contribution is 7.13. The number of carbonyl (C=O) groups is 1. The number of amides is 1. The van der Waals surface area contributed by atoms with Crippen molar-refractivity contribution in [3.63, 3.8) is 0 Å². The number of carbonyl (C=O) groups excluding carboxylic acids is 1. The molecule has 0 saturated heterocycles. The van der Waals surface area contributed by atoms with Crippen LogP contribution in [0.5, 0.6) is 0 Å². The summed E-state index contributed by atoms with van der Waals surface area (Å²) in [6, 6.07) is 3.08. The number of thiazole rings is 1. The molecule has 0 saturated carbocycles. The summed E-state index contributed by atoms with van der Waals surface area (Å²) in [5.41, 5.74) is 7.55. The minimum atomic E-state index is -0.393.